The van der Waals surface area contributed by atoms with Gasteiger partial charge in [-0.2, -0.15) is 5.53 Å². The Hall–Kier alpha value is -11.0. The van der Waals surface area contributed by atoms with E-state index in [0.29, 0.717) is 63.4 Å². The van der Waals surface area contributed by atoms with Gasteiger partial charge in [0.1, 0.15) is 4.90 Å². The molecule has 0 spiro atoms. The fraction of sp³-hybridized carbons (Fsp3) is 0.280. The Kier molecular flexibility index (Phi) is 48.1. The van der Waals surface area contributed by atoms with Crippen molar-refractivity contribution in [1.82, 2.24) is 59.8 Å². The number of aliphatic hydroxyl groups is 3. The largest absolute Gasteiger partial charge is 0.412 e. The van der Waals surface area contributed by atoms with Gasteiger partial charge in [-0.05, 0) is 264 Å². The Balaban J connectivity index is 0.000000242. The predicted octanol–water partition coefficient (Wildman–Crippen LogP) is 20.7. The van der Waals surface area contributed by atoms with Gasteiger partial charge < -0.3 is 42.6 Å². The molecule has 12 N–H and O–H groups in total. The molecular formula is C100H111BrCl6N18O15S5. The number of nitro benzene ring substituents is 1. The van der Waals surface area contributed by atoms with E-state index in [1.54, 1.807) is 165 Å². The van der Waals surface area contributed by atoms with Gasteiger partial charge in [-0.3, -0.25) is 30.1 Å². The van der Waals surface area contributed by atoms with Gasteiger partial charge >= 0.3 is 0 Å². The quantitative estimate of drug-likeness (QED) is 0.00826. The first kappa shape index (κ1) is 119. The maximum absolute atomic E-state index is 12.7. The normalized spacial score (nSPS) is 16.0. The zero-order valence-corrected chi connectivity index (χ0v) is 89.2. The lowest BCUT2D eigenvalue weighted by atomic mass is 9.93. The fourth-order valence-corrected chi connectivity index (χ4v) is 22.8. The van der Waals surface area contributed by atoms with Crippen LogP contribution in [0.2, 0.25) is 30.7 Å². The monoisotopic (exact) mass is 2250 g/mol. The summed E-state index contributed by atoms with van der Waals surface area (Å²) in [4.78, 5) is 61.4. The Morgan fingerprint density at radius 2 is 0.766 bits per heavy atom. The van der Waals surface area contributed by atoms with Crippen molar-refractivity contribution in [3.63, 3.8) is 0 Å². The first-order valence-corrected chi connectivity index (χ1v) is 55.2. The summed E-state index contributed by atoms with van der Waals surface area (Å²) in [6, 6.07) is 47.1. The summed E-state index contributed by atoms with van der Waals surface area (Å²) in [5.41, 5.74) is 23.4. The number of rotatable bonds is 27. The molecule has 16 rings (SSSR count). The number of benzene rings is 5. The number of aromatic nitrogens is 12. The molecule has 3 fully saturated rings. The van der Waals surface area contributed by atoms with Crippen molar-refractivity contribution in [2.45, 2.75) is 202 Å². The van der Waals surface area contributed by atoms with E-state index in [4.69, 9.17) is 86.0 Å². The molecule has 13 aromatic rings. The van der Waals surface area contributed by atoms with Gasteiger partial charge in [-0.1, -0.05) is 162 Å². The van der Waals surface area contributed by atoms with Crippen LogP contribution in [0.1, 0.15) is 163 Å². The molecule has 770 valence electrons. The van der Waals surface area contributed by atoms with Crippen LogP contribution >= 0.6 is 97.5 Å². The molecule has 0 atom stereocenters. The number of nitrogens with zero attached hydrogens (tertiary/aromatic N) is 14. The third-order valence-electron chi connectivity index (χ3n) is 22.2. The zero-order valence-electron chi connectivity index (χ0n) is 79.0. The number of halogens is 7. The average molecular weight is 2260 g/mol. The van der Waals surface area contributed by atoms with Gasteiger partial charge in [0.25, 0.3) is 5.69 Å². The van der Waals surface area contributed by atoms with Gasteiger partial charge in [0.2, 0.25) is 22.5 Å². The molecule has 3 aliphatic rings. The summed E-state index contributed by atoms with van der Waals surface area (Å²) < 4.78 is 105. The van der Waals surface area contributed by atoms with Crippen LogP contribution in [0.4, 0.5) is 17.6 Å². The lowest BCUT2D eigenvalue weighted by Gasteiger charge is -2.26. The Bertz CT molecular complexity index is 7020. The lowest BCUT2D eigenvalue weighted by Crippen LogP contribution is -2.28. The highest BCUT2D eigenvalue weighted by molar-refractivity contribution is 9.10. The lowest BCUT2D eigenvalue weighted by molar-refractivity contribution is -0.387. The van der Waals surface area contributed by atoms with E-state index in [-0.39, 0.29) is 110 Å². The highest BCUT2D eigenvalue weighted by Gasteiger charge is 2.27. The second kappa shape index (κ2) is 58.5. The van der Waals surface area contributed by atoms with Crippen LogP contribution < -0.4 is 16.4 Å². The first-order valence-electron chi connectivity index (χ1n) is 44.8. The molecule has 0 amide bonds. The van der Waals surface area contributed by atoms with Crippen LogP contribution in [0.15, 0.2) is 259 Å². The molecule has 145 heavy (non-hydrogen) atoms. The van der Waals surface area contributed by atoms with E-state index < -0.39 is 44.3 Å². The minimum absolute atomic E-state index is 0. The average Bonchev–Trinajstić information content (AvgIpc) is 0.814. The molecule has 0 aliphatic heterocycles. The van der Waals surface area contributed by atoms with Crippen LogP contribution in [-0.4, -0.2) is 161 Å². The molecule has 45 heteroatoms. The summed E-state index contributed by atoms with van der Waals surface area (Å²) in [6.07, 6.45) is 34.6. The van der Waals surface area contributed by atoms with Crippen molar-refractivity contribution in [3.05, 3.63) is 356 Å². The molecular weight excluding hydrogens is 2150 g/mol. The SMILES string of the molecule is C=Cc1cnc(Cl)nc1.Cc1nc(CS(=O)(=O)c2ccccc2Cl)ccc1/C=C/c1cnc(Cl)nc1.Cc1nc(CS(=O)(=O)c2ccccc2Cl)ccc1/C=C/c1cnc(NC2CCC(O)CC2)nc1.Cc1nc(CS(=O)(=O)c2ccccc2Cl)ccc1Br.Cc1nc(CS(=O)(=O)c2ccccc2Cl)ccc1CCc1cnc(NC2CCC(O)CC2)nc1.N=NSc1ccccc1[N+](=O)[O-].NC1CCC(O)CC1.O.O.[HH]. The summed E-state index contributed by atoms with van der Waals surface area (Å²) >= 11 is 39.3. The predicted molar refractivity (Wildman–Crippen MR) is 576 cm³/mol. The summed E-state index contributed by atoms with van der Waals surface area (Å²) in [5, 5.41) is 46.6. The first-order chi connectivity index (χ1) is 68.2. The second-order valence-corrected chi connectivity index (χ2v) is 44.9. The highest BCUT2D eigenvalue weighted by atomic mass is 79.9. The van der Waals surface area contributed by atoms with Gasteiger partial charge in [0.05, 0.1) is 114 Å². The molecule has 0 saturated heterocycles. The fourth-order valence-electron chi connectivity index (χ4n) is 14.5. The van der Waals surface area contributed by atoms with E-state index in [2.05, 4.69) is 97.5 Å². The third-order valence-corrected chi connectivity index (χ3v) is 32.7. The zero-order chi connectivity index (χ0) is 103. The minimum Gasteiger partial charge on any atom is -0.412 e. The maximum Gasteiger partial charge on any atom is 0.284 e. The van der Waals surface area contributed by atoms with E-state index >= 15 is 0 Å². The van der Waals surface area contributed by atoms with Crippen LogP contribution in [0, 0.1) is 43.3 Å². The van der Waals surface area contributed by atoms with Gasteiger partial charge in [-0.25, -0.2) is 73.5 Å². The van der Waals surface area contributed by atoms with Crippen LogP contribution in [0.25, 0.3) is 30.4 Å². The topological polar surface area (TPSA) is 544 Å². The number of sulfone groups is 4. The van der Waals surface area contributed by atoms with Crippen LogP contribution in [0.5, 0.6) is 0 Å². The van der Waals surface area contributed by atoms with E-state index in [9.17, 15) is 54.0 Å². The number of aliphatic hydroxyl groups excluding tert-OH is 3. The maximum atomic E-state index is 12.7. The van der Waals surface area contributed by atoms with Crippen molar-refractivity contribution in [2.75, 3.05) is 10.6 Å². The van der Waals surface area contributed by atoms with E-state index in [1.807, 2.05) is 82.6 Å². The molecule has 0 unspecified atom stereocenters. The van der Waals surface area contributed by atoms with Crippen LogP contribution in [-0.2, 0) is 75.2 Å². The van der Waals surface area contributed by atoms with Gasteiger partial charge in [-0.15, -0.1) is 4.52 Å². The van der Waals surface area contributed by atoms with Crippen molar-refractivity contribution < 1.29 is 66.3 Å². The number of hydrogen-bond acceptors (Lipinski definition) is 31. The number of para-hydroxylation sites is 1. The Morgan fingerprint density at radius 3 is 1.11 bits per heavy atom. The summed E-state index contributed by atoms with van der Waals surface area (Å²) in [7, 11) is -14.2. The highest BCUT2D eigenvalue weighted by Crippen LogP contribution is 2.33. The number of pyridine rings is 4. The van der Waals surface area contributed by atoms with E-state index in [1.165, 1.54) is 30.3 Å². The number of nitro groups is 1. The number of aryl methyl sites for hydroxylation is 6. The molecule has 3 aliphatic carbocycles. The third kappa shape index (κ3) is 39.0. The number of nitrogens with two attached hydrogens (primary N) is 1. The van der Waals surface area contributed by atoms with Crippen LogP contribution in [0.3, 0.4) is 0 Å². The molecule has 33 nitrogen and oxygen atoms in total. The molecule has 5 aromatic carbocycles. The van der Waals surface area contributed by atoms with Crippen molar-refractivity contribution in [1.29, 1.82) is 5.53 Å². The molecule has 8 aromatic heterocycles. The minimum atomic E-state index is -3.59. The van der Waals surface area contributed by atoms with E-state index in [0.717, 1.165) is 162 Å². The number of nitrogens with one attached hydrogen (secondary N) is 3. The van der Waals surface area contributed by atoms with Crippen molar-refractivity contribution in [2.24, 2.45) is 10.3 Å². The molecule has 3 saturated carbocycles. The number of hydrogen-bond donors (Lipinski definition) is 7. The van der Waals surface area contributed by atoms with Crippen molar-refractivity contribution >= 4 is 185 Å². The molecule has 0 radical (unpaired) electrons. The van der Waals surface area contributed by atoms with Crippen molar-refractivity contribution in [3.8, 4) is 0 Å². The second-order valence-electron chi connectivity index (χ2n) is 33.1. The standard InChI is InChI=1S/C25H29ClN4O3S.C25H27ClN4O3S.C19H15Cl2N3O2S.C13H11BrClNO2S.C6H5ClN2.C6H5N3O2S.C6H13NO.2H2O.H2/c2*1-17-19(8-9-21(29-17)16-34(32,33)24-5-3-2-4-23(24)26)7-6-18-14-27-25(28-15-18)30-20-10-12-22(31)13-11-20;1-13-15(7-6-14-10-22-19(21)23-11-14)8-9-16(24-13)12-27(25,26)18-5-3-2-4-17(18)20;1-9-11(14)7-6-10(16-9)8-19(17,18)13-5-3-2-4-12(13)15;1-2-5-3-8-6(7)9-4-5;7-8-12-6-4-2-1-3-5(6)9(10)11;7-5-1-3-6(8)4-2-5;;;/h2-5,8-9,14-15,20,22,31H,6-7,10-13,16H2,1H3,(H,27,28,30);2-9,14-15,20,22,31H,10-13,16H2,1H3,(H,27,28,30);2-11H,12H2,1H3;2-7H,8H2,1H3;2-4H,1H2;1-4,7H;5-6,8H,1-4,7H2;2*1H2;1H/b;2*7-6+;;;;;;;. The number of anilines is 2. The van der Waals surface area contributed by atoms with Gasteiger partial charge in [0.15, 0.2) is 39.3 Å². The Morgan fingerprint density at radius 1 is 0.441 bits per heavy atom. The summed E-state index contributed by atoms with van der Waals surface area (Å²) in [5.74, 6) is 0.411. The summed E-state index contributed by atoms with van der Waals surface area (Å²) in [6.45, 7) is 10.9. The smallest absolute Gasteiger partial charge is 0.284 e. The molecule has 8 heterocycles. The van der Waals surface area contributed by atoms with Gasteiger partial charge in [0, 0.05) is 125 Å². The Labute approximate surface area is 887 Å². The molecule has 0 bridgehead atoms.